The topological polar surface area (TPSA) is 107 Å². The first-order valence-corrected chi connectivity index (χ1v) is 15.1. The highest BCUT2D eigenvalue weighted by atomic mass is 79.9. The second kappa shape index (κ2) is 12.3. The number of carbonyl (C=O) groups excluding carboxylic acids is 2. The minimum atomic E-state index is -1.15. The number of hydrogen-bond acceptors (Lipinski definition) is 6. The fourth-order valence-electron chi connectivity index (χ4n) is 5.66. The van der Waals surface area contributed by atoms with Crippen molar-refractivity contribution in [1.29, 1.82) is 0 Å². The van der Waals surface area contributed by atoms with Gasteiger partial charge in [0.15, 0.2) is 5.60 Å². The summed E-state index contributed by atoms with van der Waals surface area (Å²) in [5.41, 5.74) is 0.851. The summed E-state index contributed by atoms with van der Waals surface area (Å²) in [6.45, 7) is 6.74. The molecule has 1 aromatic carbocycles. The zero-order valence-electron chi connectivity index (χ0n) is 23.7. The van der Waals surface area contributed by atoms with Crippen molar-refractivity contribution in [1.82, 2.24) is 19.7 Å². The Bertz CT molecular complexity index is 1260. The molecule has 1 aliphatic carbocycles. The molecule has 3 fully saturated rings. The number of nitrogens with zero attached hydrogens (tertiary/aromatic N) is 5. The van der Waals surface area contributed by atoms with Crippen molar-refractivity contribution in [3.63, 3.8) is 0 Å². The molecular weight excluding hydrogens is 590 g/mol. The van der Waals surface area contributed by atoms with E-state index in [9.17, 15) is 19.5 Å². The van der Waals surface area contributed by atoms with Gasteiger partial charge in [-0.1, -0.05) is 28.1 Å². The molecule has 0 bridgehead atoms. The Hall–Kier alpha value is -3.34. The van der Waals surface area contributed by atoms with Gasteiger partial charge in [-0.2, -0.15) is 0 Å². The van der Waals surface area contributed by atoms with Crippen LogP contribution in [0, 0.1) is 5.92 Å². The van der Waals surface area contributed by atoms with Gasteiger partial charge in [-0.25, -0.2) is 4.79 Å². The smallest absolute Gasteiger partial charge is 0.407 e. The van der Waals surface area contributed by atoms with Gasteiger partial charge in [0.1, 0.15) is 5.75 Å². The predicted molar refractivity (Wildman–Crippen MR) is 158 cm³/mol. The van der Waals surface area contributed by atoms with E-state index in [1.807, 2.05) is 18.2 Å². The molecule has 1 N–H and O–H groups in total. The van der Waals surface area contributed by atoms with Gasteiger partial charge in [0, 0.05) is 62.4 Å². The van der Waals surface area contributed by atoms with Crippen LogP contribution in [0.1, 0.15) is 45.1 Å². The lowest BCUT2D eigenvalue weighted by Gasteiger charge is -2.38. The van der Waals surface area contributed by atoms with Gasteiger partial charge in [-0.15, -0.1) is 0 Å². The summed E-state index contributed by atoms with van der Waals surface area (Å²) in [6.07, 6.45) is 6.30. The average Bonchev–Trinajstić information content (AvgIpc) is 3.82. The van der Waals surface area contributed by atoms with Crippen LogP contribution in [0.2, 0.25) is 0 Å². The van der Waals surface area contributed by atoms with E-state index in [1.54, 1.807) is 31.1 Å². The lowest BCUT2D eigenvalue weighted by Crippen LogP contribution is -2.56. The van der Waals surface area contributed by atoms with Gasteiger partial charge >= 0.3 is 6.09 Å². The highest BCUT2D eigenvalue weighted by molar-refractivity contribution is 9.10. The number of pyridine rings is 1. The molecule has 0 spiro atoms. The molecule has 3 aliphatic rings. The number of anilines is 1. The average molecular weight is 629 g/mol. The Morgan fingerprint density at radius 2 is 1.71 bits per heavy atom. The van der Waals surface area contributed by atoms with Crippen LogP contribution in [0.25, 0.3) is 0 Å². The van der Waals surface area contributed by atoms with Crippen LogP contribution < -0.4 is 9.64 Å². The fourth-order valence-corrected chi connectivity index (χ4v) is 5.93. The minimum absolute atomic E-state index is 0.0909. The van der Waals surface area contributed by atoms with Crippen molar-refractivity contribution < 1.29 is 24.2 Å². The number of piperazine rings is 1. The monoisotopic (exact) mass is 627 g/mol. The molecule has 0 radical (unpaired) electrons. The van der Waals surface area contributed by atoms with Crippen LogP contribution in [0.15, 0.2) is 47.2 Å². The van der Waals surface area contributed by atoms with Crippen molar-refractivity contribution in [2.45, 2.75) is 57.7 Å². The summed E-state index contributed by atoms with van der Waals surface area (Å²) in [5.74, 6) is 0.415. The van der Waals surface area contributed by atoms with Crippen LogP contribution in [0.4, 0.5) is 10.5 Å². The summed E-state index contributed by atoms with van der Waals surface area (Å²) in [4.78, 5) is 49.8. The molecule has 41 heavy (non-hydrogen) atoms. The summed E-state index contributed by atoms with van der Waals surface area (Å²) < 4.78 is 7.19. The third kappa shape index (κ3) is 7.12. The number of ether oxygens (including phenoxy) is 1. The molecule has 1 atom stereocenters. The molecule has 2 saturated heterocycles. The number of piperidine rings is 1. The number of amides is 3. The standard InChI is InChI=1S/C30H38BrN5O5/c1-30(2,28(38)33-12-14-34(15-13-33)29(39)40)41-26-16-25(17-32-18-26)35-11-3-4-22(20-35)27(37)36(24-9-10-24)19-21-5-7-23(31)8-6-21/h5-8,16-18,22,24H,3-4,9-15,19-20H2,1-2H3,(H,39,40)/t22-/m0/s1. The zero-order chi connectivity index (χ0) is 29.1. The minimum Gasteiger partial charge on any atom is -0.476 e. The van der Waals surface area contributed by atoms with E-state index in [0.29, 0.717) is 38.0 Å². The van der Waals surface area contributed by atoms with Gasteiger partial charge in [0.05, 0.1) is 24.0 Å². The van der Waals surface area contributed by atoms with Crippen LogP contribution in [-0.4, -0.2) is 93.6 Å². The predicted octanol–water partition coefficient (Wildman–Crippen LogP) is 4.23. The molecule has 0 unspecified atom stereocenters. The number of rotatable bonds is 8. The Morgan fingerprint density at radius 1 is 1.02 bits per heavy atom. The normalized spacial score (nSPS) is 19.6. The second-order valence-corrected chi connectivity index (χ2v) is 12.6. The third-order valence-electron chi connectivity index (χ3n) is 8.10. The summed E-state index contributed by atoms with van der Waals surface area (Å²) in [5, 5.41) is 9.18. The van der Waals surface area contributed by atoms with E-state index >= 15 is 0 Å². The highest BCUT2D eigenvalue weighted by Crippen LogP contribution is 2.33. The number of carboxylic acid groups (broad SMARTS) is 1. The Labute approximate surface area is 249 Å². The van der Waals surface area contributed by atoms with E-state index in [4.69, 9.17) is 4.74 Å². The zero-order valence-corrected chi connectivity index (χ0v) is 25.3. The molecule has 2 aromatic rings. The van der Waals surface area contributed by atoms with Crippen molar-refractivity contribution >= 4 is 39.5 Å². The summed E-state index contributed by atoms with van der Waals surface area (Å²) in [7, 11) is 0. The molecule has 2 aliphatic heterocycles. The van der Waals surface area contributed by atoms with Crippen LogP contribution in [0.3, 0.4) is 0 Å². The highest BCUT2D eigenvalue weighted by Gasteiger charge is 2.38. The summed E-state index contributed by atoms with van der Waals surface area (Å²) in [6, 6.07) is 10.4. The van der Waals surface area contributed by atoms with Gasteiger partial charge in [0.2, 0.25) is 5.91 Å². The van der Waals surface area contributed by atoms with Crippen molar-refractivity contribution in [3.8, 4) is 5.75 Å². The van der Waals surface area contributed by atoms with E-state index in [0.717, 1.165) is 48.0 Å². The third-order valence-corrected chi connectivity index (χ3v) is 8.63. The van der Waals surface area contributed by atoms with Crippen LogP contribution in [0.5, 0.6) is 5.75 Å². The molecule has 10 nitrogen and oxygen atoms in total. The Kier molecular flexibility index (Phi) is 8.72. The number of aromatic nitrogens is 1. The second-order valence-electron chi connectivity index (χ2n) is 11.7. The van der Waals surface area contributed by atoms with Crippen LogP contribution in [-0.2, 0) is 16.1 Å². The van der Waals surface area contributed by atoms with Crippen molar-refractivity contribution in [3.05, 3.63) is 52.8 Å². The number of carbonyl (C=O) groups is 3. The lowest BCUT2D eigenvalue weighted by molar-refractivity contribution is -0.147. The molecule has 3 heterocycles. The van der Waals surface area contributed by atoms with E-state index in [-0.39, 0.29) is 30.8 Å². The van der Waals surface area contributed by atoms with E-state index < -0.39 is 11.7 Å². The fraction of sp³-hybridized carbons (Fsp3) is 0.533. The number of hydrogen-bond donors (Lipinski definition) is 1. The van der Waals surface area contributed by atoms with Crippen LogP contribution >= 0.6 is 15.9 Å². The van der Waals surface area contributed by atoms with Gasteiger partial charge < -0.3 is 29.4 Å². The molecule has 11 heteroatoms. The molecule has 5 rings (SSSR count). The van der Waals surface area contributed by atoms with Gasteiger partial charge in [-0.05, 0) is 57.2 Å². The first-order valence-electron chi connectivity index (χ1n) is 14.3. The lowest BCUT2D eigenvalue weighted by atomic mass is 9.95. The first kappa shape index (κ1) is 29.2. The number of benzene rings is 1. The van der Waals surface area contributed by atoms with E-state index in [2.05, 4.69) is 42.8 Å². The molecule has 1 saturated carbocycles. The molecule has 3 amide bonds. The van der Waals surface area contributed by atoms with Crippen molar-refractivity contribution in [2.24, 2.45) is 5.92 Å². The number of halogens is 1. The van der Waals surface area contributed by atoms with E-state index in [1.165, 1.54) is 4.90 Å². The van der Waals surface area contributed by atoms with Gasteiger partial charge in [0.25, 0.3) is 5.91 Å². The van der Waals surface area contributed by atoms with Gasteiger partial charge in [-0.3, -0.25) is 14.6 Å². The maximum atomic E-state index is 13.7. The summed E-state index contributed by atoms with van der Waals surface area (Å²) >= 11 is 3.49. The molecule has 1 aromatic heterocycles. The maximum Gasteiger partial charge on any atom is 0.407 e. The first-order chi connectivity index (χ1) is 19.6. The molecule has 220 valence electrons. The Balaban J connectivity index is 1.22. The maximum absolute atomic E-state index is 13.7. The quantitative estimate of drug-likeness (QED) is 0.467. The largest absolute Gasteiger partial charge is 0.476 e. The molecular formula is C30H38BrN5O5. The SMILES string of the molecule is CC(C)(Oc1cncc(N2CCC[C@H](C(=O)N(Cc3ccc(Br)cc3)C3CC3)C2)c1)C(=O)N1CCN(C(=O)O)CC1. The Morgan fingerprint density at radius 3 is 2.37 bits per heavy atom. The van der Waals surface area contributed by atoms with Crippen molar-refractivity contribution in [2.75, 3.05) is 44.2 Å².